The van der Waals surface area contributed by atoms with Gasteiger partial charge in [0.25, 0.3) is 0 Å². The second-order valence-corrected chi connectivity index (χ2v) is 15.6. The van der Waals surface area contributed by atoms with E-state index in [4.69, 9.17) is 0 Å². The van der Waals surface area contributed by atoms with Crippen molar-refractivity contribution < 1.29 is 0 Å². The third-order valence-corrected chi connectivity index (χ3v) is 9.94. The maximum Gasteiger partial charge on any atom is -0.0357 e. The van der Waals surface area contributed by atoms with E-state index in [9.17, 15) is 0 Å². The summed E-state index contributed by atoms with van der Waals surface area (Å²) in [6, 6.07) is 0. The summed E-state index contributed by atoms with van der Waals surface area (Å²) >= 11 is 0. The first kappa shape index (κ1) is 45.0. The molecule has 0 spiro atoms. The second kappa shape index (κ2) is 24.8. The molecule has 236 valence electrons. The number of rotatable bonds is 12. The van der Waals surface area contributed by atoms with Gasteiger partial charge in [0.1, 0.15) is 0 Å². The third kappa shape index (κ3) is 27.6. The van der Waals surface area contributed by atoms with Crippen LogP contribution in [0.25, 0.3) is 0 Å². The highest BCUT2D eigenvalue weighted by Crippen LogP contribution is 2.30. The highest BCUT2D eigenvalue weighted by molar-refractivity contribution is 4.71. The Morgan fingerprint density at radius 3 is 0.947 bits per heavy atom. The monoisotopic (exact) mass is 541 g/mol. The van der Waals surface area contributed by atoms with Gasteiger partial charge >= 0.3 is 0 Å². The lowest BCUT2D eigenvalue weighted by molar-refractivity contribution is 0.205. The van der Waals surface area contributed by atoms with Gasteiger partial charge in [-0.25, -0.2) is 0 Å². The Labute approximate surface area is 247 Å². The van der Waals surface area contributed by atoms with Crippen LogP contribution in [-0.4, -0.2) is 0 Å². The minimum atomic E-state index is 0.509. The Bertz CT molecular complexity index is 441. The van der Waals surface area contributed by atoms with Gasteiger partial charge in [-0.15, -0.1) is 0 Å². The molecule has 0 heteroatoms. The Hall–Kier alpha value is 0. The SMILES string of the molecule is CCC(C)C(C)(C)C.CCC(C)C(C)C(C)C(C)CC.CCC(CC)CC(C)(C)C.CCC[C@H](C)C(C)C. The average molecular weight is 541 g/mol. The standard InChI is InChI=1S/C12H26.C10H22.2C8H18/c1-7-9(3)11(5)12(6)10(4)8-2;1-6-9(7-2)8-10(3,4)5;1-6-7(2)8(3,4)5;1-5-6-8(4)7(2)3/h9-12H,7-8H2,1-6H3;9H,6-8H2,1-5H3;7H,6H2,1-5H3;7-8H,5-6H2,1-4H3/t;;;8-/m...0/s1. The highest BCUT2D eigenvalue weighted by atomic mass is 14.3. The van der Waals surface area contributed by atoms with Gasteiger partial charge in [-0.3, -0.25) is 0 Å². The zero-order valence-electron chi connectivity index (χ0n) is 31.3. The predicted molar refractivity (Wildman–Crippen MR) is 183 cm³/mol. The van der Waals surface area contributed by atoms with Gasteiger partial charge in [-0.1, -0.05) is 183 Å². The van der Waals surface area contributed by atoms with Crippen LogP contribution in [0.15, 0.2) is 0 Å². The van der Waals surface area contributed by atoms with Gasteiger partial charge in [0.05, 0.1) is 0 Å². The van der Waals surface area contributed by atoms with Gasteiger partial charge in [0, 0.05) is 0 Å². The molecule has 0 fully saturated rings. The molecule has 0 aliphatic carbocycles. The largest absolute Gasteiger partial charge is 0.0654 e. The summed E-state index contributed by atoms with van der Waals surface area (Å²) in [5.41, 5.74) is 1.03. The minimum absolute atomic E-state index is 0.509. The van der Waals surface area contributed by atoms with Crippen molar-refractivity contribution in [2.75, 3.05) is 0 Å². The highest BCUT2D eigenvalue weighted by Gasteiger charge is 2.21. The molecule has 0 bridgehead atoms. The maximum absolute atomic E-state index is 2.41. The lowest BCUT2D eigenvalue weighted by atomic mass is 9.77. The van der Waals surface area contributed by atoms with E-state index in [0.717, 1.165) is 47.3 Å². The van der Waals surface area contributed by atoms with Crippen molar-refractivity contribution in [3.63, 3.8) is 0 Å². The van der Waals surface area contributed by atoms with Crippen molar-refractivity contribution in [2.45, 2.75) is 190 Å². The van der Waals surface area contributed by atoms with Crippen molar-refractivity contribution in [3.8, 4) is 0 Å². The van der Waals surface area contributed by atoms with Gasteiger partial charge in [-0.05, 0) is 64.6 Å². The summed E-state index contributed by atoms with van der Waals surface area (Å²) in [7, 11) is 0. The van der Waals surface area contributed by atoms with Crippen LogP contribution >= 0.6 is 0 Å². The first-order valence-corrected chi connectivity index (χ1v) is 17.2. The average Bonchev–Trinajstić information content (AvgIpc) is 2.84. The lowest BCUT2D eigenvalue weighted by Crippen LogP contribution is -2.21. The van der Waals surface area contributed by atoms with Gasteiger partial charge in [-0.2, -0.15) is 0 Å². The lowest BCUT2D eigenvalue weighted by Gasteiger charge is -2.29. The van der Waals surface area contributed by atoms with Crippen molar-refractivity contribution in [2.24, 2.45) is 58.2 Å². The zero-order chi connectivity index (χ0) is 31.3. The smallest absolute Gasteiger partial charge is 0.0357 e. The third-order valence-electron chi connectivity index (χ3n) is 9.94. The molecular weight excluding hydrogens is 456 g/mol. The summed E-state index contributed by atoms with van der Waals surface area (Å²) < 4.78 is 0. The molecule has 0 aliphatic rings. The fourth-order valence-electron chi connectivity index (χ4n) is 4.62. The molecule has 5 unspecified atom stereocenters. The molecule has 6 atom stereocenters. The van der Waals surface area contributed by atoms with E-state index < -0.39 is 0 Å². The van der Waals surface area contributed by atoms with Crippen LogP contribution in [0.1, 0.15) is 190 Å². The molecule has 0 N–H and O–H groups in total. The molecule has 0 saturated heterocycles. The number of hydrogen-bond acceptors (Lipinski definition) is 0. The summed E-state index contributed by atoms with van der Waals surface area (Å²) in [6.45, 7) is 46.3. The molecule has 0 rings (SSSR count). The second-order valence-electron chi connectivity index (χ2n) is 15.6. The number of hydrogen-bond donors (Lipinski definition) is 0. The van der Waals surface area contributed by atoms with Crippen LogP contribution in [0, 0.1) is 58.2 Å². The molecular formula is C38H84. The normalized spacial score (nSPS) is 16.6. The molecule has 0 saturated carbocycles. The molecule has 0 aliphatic heterocycles. The summed E-state index contributed by atoms with van der Waals surface area (Å²) in [5, 5.41) is 0. The molecule has 0 aromatic rings. The Balaban J connectivity index is -0.000000206. The molecule has 0 aromatic carbocycles. The van der Waals surface area contributed by atoms with E-state index in [1.54, 1.807) is 0 Å². The topological polar surface area (TPSA) is 0 Å². The summed E-state index contributed by atoms with van der Waals surface area (Å²) in [6.07, 6.45) is 10.7. The fraction of sp³-hybridized carbons (Fsp3) is 1.00. The Kier molecular flexibility index (Phi) is 29.3. The van der Waals surface area contributed by atoms with Crippen LogP contribution in [-0.2, 0) is 0 Å². The summed E-state index contributed by atoms with van der Waals surface area (Å²) in [5.74, 6) is 7.11. The quantitative estimate of drug-likeness (QED) is 0.231. The molecule has 38 heavy (non-hydrogen) atoms. The maximum atomic E-state index is 2.41. The van der Waals surface area contributed by atoms with Gasteiger partial charge < -0.3 is 0 Å². The van der Waals surface area contributed by atoms with E-state index in [2.05, 4.69) is 138 Å². The summed E-state index contributed by atoms with van der Waals surface area (Å²) in [4.78, 5) is 0. The van der Waals surface area contributed by atoms with Crippen LogP contribution in [0.5, 0.6) is 0 Å². The molecule has 0 aromatic heterocycles. The first-order chi connectivity index (χ1) is 17.2. The van der Waals surface area contributed by atoms with E-state index in [-0.39, 0.29) is 0 Å². The van der Waals surface area contributed by atoms with Gasteiger partial charge in [0.15, 0.2) is 0 Å². The zero-order valence-corrected chi connectivity index (χ0v) is 31.3. The van der Waals surface area contributed by atoms with E-state index in [0.29, 0.717) is 10.8 Å². The van der Waals surface area contributed by atoms with Crippen molar-refractivity contribution >= 4 is 0 Å². The molecule has 0 heterocycles. The Morgan fingerprint density at radius 2 is 0.842 bits per heavy atom. The van der Waals surface area contributed by atoms with Crippen molar-refractivity contribution in [1.82, 2.24) is 0 Å². The van der Waals surface area contributed by atoms with Crippen LogP contribution in [0.2, 0.25) is 0 Å². The Morgan fingerprint density at radius 1 is 0.474 bits per heavy atom. The fourth-order valence-corrected chi connectivity index (χ4v) is 4.62. The van der Waals surface area contributed by atoms with Crippen LogP contribution < -0.4 is 0 Å². The molecule has 0 nitrogen and oxygen atoms in total. The van der Waals surface area contributed by atoms with E-state index in [1.807, 2.05) is 0 Å². The molecule has 0 radical (unpaired) electrons. The van der Waals surface area contributed by atoms with Crippen molar-refractivity contribution in [1.29, 1.82) is 0 Å². The van der Waals surface area contributed by atoms with Crippen LogP contribution in [0.4, 0.5) is 0 Å². The predicted octanol–water partition coefficient (Wildman–Crippen LogP) is 14.4. The van der Waals surface area contributed by atoms with Gasteiger partial charge in [0.2, 0.25) is 0 Å². The van der Waals surface area contributed by atoms with E-state index in [1.165, 1.54) is 51.4 Å². The van der Waals surface area contributed by atoms with Crippen LogP contribution in [0.3, 0.4) is 0 Å². The van der Waals surface area contributed by atoms with Crippen molar-refractivity contribution in [3.05, 3.63) is 0 Å². The molecule has 0 amide bonds. The van der Waals surface area contributed by atoms with E-state index >= 15 is 0 Å². The first-order valence-electron chi connectivity index (χ1n) is 17.2. The minimum Gasteiger partial charge on any atom is -0.0654 e.